The number of hydrogen-bond donors (Lipinski definition) is 3. The highest BCUT2D eigenvalue weighted by atomic mass is 79.9. The summed E-state index contributed by atoms with van der Waals surface area (Å²) < 4.78 is 5.71. The van der Waals surface area contributed by atoms with Gasteiger partial charge in [-0.05, 0) is 27.6 Å². The lowest BCUT2D eigenvalue weighted by Gasteiger charge is -2.10. The van der Waals surface area contributed by atoms with E-state index in [1.807, 2.05) is 30.3 Å². The molecule has 0 spiro atoms. The second-order valence-corrected chi connectivity index (χ2v) is 5.35. The molecule has 7 nitrogen and oxygen atoms in total. The molecule has 1 aliphatic rings. The molecular formula is C14H16BrN3O4. The molecule has 1 heterocycles. The molecule has 1 aromatic carbocycles. The van der Waals surface area contributed by atoms with Gasteiger partial charge in [-0.2, -0.15) is 0 Å². The smallest absolute Gasteiger partial charge is 0.407 e. The molecule has 2 rings (SSSR count). The van der Waals surface area contributed by atoms with E-state index in [2.05, 4.69) is 32.0 Å². The van der Waals surface area contributed by atoms with E-state index in [1.165, 1.54) is 0 Å². The highest BCUT2D eigenvalue weighted by Crippen LogP contribution is 2.10. The van der Waals surface area contributed by atoms with Crippen molar-refractivity contribution in [2.24, 2.45) is 0 Å². The summed E-state index contributed by atoms with van der Waals surface area (Å²) in [5, 5.41) is 5.02. The van der Waals surface area contributed by atoms with E-state index in [9.17, 15) is 9.59 Å². The molecule has 1 unspecified atom stereocenters. The van der Waals surface area contributed by atoms with Crippen LogP contribution in [0.15, 0.2) is 41.0 Å². The normalized spacial score (nSPS) is 16.4. The molecule has 1 aliphatic heterocycles. The zero-order chi connectivity index (χ0) is 15.8. The van der Waals surface area contributed by atoms with Crippen LogP contribution in [0.1, 0.15) is 5.56 Å². The van der Waals surface area contributed by atoms with Gasteiger partial charge in [-0.25, -0.2) is 4.79 Å². The van der Waals surface area contributed by atoms with Crippen molar-refractivity contribution < 1.29 is 19.2 Å². The Morgan fingerprint density at radius 1 is 1.27 bits per heavy atom. The van der Waals surface area contributed by atoms with Gasteiger partial charge in [0.05, 0.1) is 13.1 Å². The van der Waals surface area contributed by atoms with Gasteiger partial charge in [-0.15, -0.1) is 0 Å². The summed E-state index contributed by atoms with van der Waals surface area (Å²) >= 11 is 3.21. The fourth-order valence-corrected chi connectivity index (χ4v) is 2.06. The van der Waals surface area contributed by atoms with Crippen LogP contribution in [-0.2, 0) is 21.0 Å². The summed E-state index contributed by atoms with van der Waals surface area (Å²) in [6.45, 7) is 0.315. The number of hydrogen-bond acceptors (Lipinski definition) is 5. The van der Waals surface area contributed by atoms with Crippen molar-refractivity contribution in [3.05, 3.63) is 46.6 Å². The Kier molecular flexibility index (Phi) is 6.23. The molecule has 0 saturated heterocycles. The van der Waals surface area contributed by atoms with Crippen LogP contribution >= 0.6 is 15.9 Å². The Morgan fingerprint density at radius 3 is 2.73 bits per heavy atom. The van der Waals surface area contributed by atoms with Crippen molar-refractivity contribution >= 4 is 27.9 Å². The molecule has 1 atom stereocenters. The number of carbonyl (C=O) groups is 2. The van der Waals surface area contributed by atoms with Gasteiger partial charge in [0.25, 0.3) is 0 Å². The summed E-state index contributed by atoms with van der Waals surface area (Å²) in [6, 6.07) is 9.29. The number of halogens is 1. The molecule has 0 radical (unpaired) electrons. The Balaban J connectivity index is 1.58. The number of benzene rings is 1. The van der Waals surface area contributed by atoms with Crippen LogP contribution in [0.4, 0.5) is 4.79 Å². The summed E-state index contributed by atoms with van der Waals surface area (Å²) in [4.78, 5) is 28.1. The van der Waals surface area contributed by atoms with E-state index >= 15 is 0 Å². The third-order valence-electron chi connectivity index (χ3n) is 2.75. The number of amides is 2. The van der Waals surface area contributed by atoms with Crippen LogP contribution in [0.2, 0.25) is 0 Å². The summed E-state index contributed by atoms with van der Waals surface area (Å²) in [6.07, 6.45) is 0.894. The zero-order valence-electron chi connectivity index (χ0n) is 11.7. The number of ether oxygens (including phenoxy) is 1. The van der Waals surface area contributed by atoms with Gasteiger partial charge in [0.1, 0.15) is 17.3 Å². The number of alkyl carbamates (subject to hydrolysis) is 1. The highest BCUT2D eigenvalue weighted by molar-refractivity contribution is 9.11. The molecule has 1 aromatic rings. The quantitative estimate of drug-likeness (QED) is 0.655. The molecule has 0 bridgehead atoms. The van der Waals surface area contributed by atoms with Gasteiger partial charge in [0.2, 0.25) is 5.91 Å². The third kappa shape index (κ3) is 5.74. The van der Waals surface area contributed by atoms with E-state index in [1.54, 1.807) is 6.08 Å². The number of nitrogens with one attached hydrogen (secondary N) is 3. The van der Waals surface area contributed by atoms with Crippen molar-refractivity contribution in [1.29, 1.82) is 0 Å². The van der Waals surface area contributed by atoms with Crippen molar-refractivity contribution in [1.82, 2.24) is 16.1 Å². The van der Waals surface area contributed by atoms with Crippen LogP contribution in [0.5, 0.6) is 0 Å². The molecule has 0 fully saturated rings. The maximum absolute atomic E-state index is 11.6. The fourth-order valence-electron chi connectivity index (χ4n) is 1.67. The van der Waals surface area contributed by atoms with Crippen LogP contribution in [0.25, 0.3) is 0 Å². The topological polar surface area (TPSA) is 88.7 Å². The third-order valence-corrected chi connectivity index (χ3v) is 3.17. The minimum absolute atomic E-state index is 0.154. The summed E-state index contributed by atoms with van der Waals surface area (Å²) in [5.74, 6) is -0.323. The lowest BCUT2D eigenvalue weighted by molar-refractivity contribution is -0.120. The van der Waals surface area contributed by atoms with Crippen molar-refractivity contribution in [2.75, 3.05) is 13.1 Å². The van der Waals surface area contributed by atoms with Gasteiger partial charge >= 0.3 is 6.09 Å². The second-order valence-electron chi connectivity index (χ2n) is 4.49. The van der Waals surface area contributed by atoms with Crippen molar-refractivity contribution in [2.45, 2.75) is 12.7 Å². The van der Waals surface area contributed by atoms with Gasteiger partial charge < -0.3 is 15.4 Å². The van der Waals surface area contributed by atoms with Crippen molar-refractivity contribution in [3.8, 4) is 0 Å². The zero-order valence-corrected chi connectivity index (χ0v) is 13.3. The lowest BCUT2D eigenvalue weighted by atomic mass is 10.2. The fraction of sp³-hybridized carbons (Fsp3) is 0.286. The number of rotatable bonds is 6. The predicted molar refractivity (Wildman–Crippen MR) is 82.7 cm³/mol. The van der Waals surface area contributed by atoms with Crippen LogP contribution in [-0.4, -0.2) is 31.2 Å². The van der Waals surface area contributed by atoms with Gasteiger partial charge in [-0.1, -0.05) is 30.3 Å². The molecule has 0 aliphatic carbocycles. The second kappa shape index (κ2) is 8.40. The minimum Gasteiger partial charge on any atom is -0.445 e. The first-order valence-corrected chi connectivity index (χ1v) is 7.43. The molecule has 8 heteroatoms. The molecule has 22 heavy (non-hydrogen) atoms. The van der Waals surface area contributed by atoms with Gasteiger partial charge in [-0.3, -0.25) is 15.1 Å². The Bertz CT molecular complexity index is 550. The molecule has 2 amide bonds. The van der Waals surface area contributed by atoms with Crippen LogP contribution in [0, 0.1) is 0 Å². The first-order chi connectivity index (χ1) is 10.6. The van der Waals surface area contributed by atoms with Gasteiger partial charge in [0.15, 0.2) is 0 Å². The average Bonchev–Trinajstić information content (AvgIpc) is 2.95. The van der Waals surface area contributed by atoms with E-state index in [0.29, 0.717) is 6.54 Å². The first kappa shape index (κ1) is 16.3. The predicted octanol–water partition coefficient (Wildman–Crippen LogP) is 1.17. The maximum Gasteiger partial charge on any atom is 0.407 e. The number of hydroxylamine groups is 1. The largest absolute Gasteiger partial charge is 0.445 e. The molecule has 118 valence electrons. The van der Waals surface area contributed by atoms with E-state index in [4.69, 9.17) is 9.57 Å². The van der Waals surface area contributed by atoms with Crippen LogP contribution in [0.3, 0.4) is 0 Å². The molecule has 0 aromatic heterocycles. The average molecular weight is 370 g/mol. The Hall–Kier alpha value is -2.06. The van der Waals surface area contributed by atoms with Crippen LogP contribution < -0.4 is 16.1 Å². The van der Waals surface area contributed by atoms with Crippen molar-refractivity contribution in [3.63, 3.8) is 0 Å². The Labute approximate surface area is 136 Å². The van der Waals surface area contributed by atoms with E-state index in [-0.39, 0.29) is 25.2 Å². The summed E-state index contributed by atoms with van der Waals surface area (Å²) in [7, 11) is 0. The number of carbonyl (C=O) groups excluding carboxylic acids is 2. The maximum atomic E-state index is 11.6. The standard InChI is InChI=1S/C14H16BrN3O4/c15-12-6-11(22-18-12)7-16-13(19)8-17-14(20)21-9-10-4-2-1-3-5-10/h1-6,11,18H,7-9H2,(H,16,19)(H,17,20). The Morgan fingerprint density at radius 2 is 2.05 bits per heavy atom. The molecule has 0 saturated carbocycles. The summed E-state index contributed by atoms with van der Waals surface area (Å²) in [5.41, 5.74) is 3.49. The first-order valence-electron chi connectivity index (χ1n) is 6.64. The monoisotopic (exact) mass is 369 g/mol. The molecule has 3 N–H and O–H groups in total. The minimum atomic E-state index is -0.638. The highest BCUT2D eigenvalue weighted by Gasteiger charge is 2.15. The SMILES string of the molecule is O=C(CNC(=O)OCc1ccccc1)NCC1C=C(Br)NO1. The van der Waals surface area contributed by atoms with E-state index < -0.39 is 6.09 Å². The van der Waals surface area contributed by atoms with E-state index in [0.717, 1.165) is 10.2 Å². The van der Waals surface area contributed by atoms with Gasteiger partial charge in [0, 0.05) is 0 Å². The molecular weight excluding hydrogens is 354 g/mol. The lowest BCUT2D eigenvalue weighted by Crippen LogP contribution is -2.40.